The van der Waals surface area contributed by atoms with Crippen LogP contribution in [0.25, 0.3) is 0 Å². The lowest BCUT2D eigenvalue weighted by Crippen LogP contribution is -2.59. The van der Waals surface area contributed by atoms with Crippen LogP contribution in [0.5, 0.6) is 0 Å². The van der Waals surface area contributed by atoms with Gasteiger partial charge in [0.2, 0.25) is 11.8 Å². The molecule has 0 aromatic heterocycles. The Balaban J connectivity index is 1.67. The fraction of sp³-hybridized carbons (Fsp3) is 0.485. The summed E-state index contributed by atoms with van der Waals surface area (Å²) in [5.74, 6) is -1.73. The molecule has 4 rings (SSSR count). The van der Waals surface area contributed by atoms with E-state index in [-0.39, 0.29) is 19.3 Å². The number of methoxy groups -OCH3 is 1. The lowest BCUT2D eigenvalue weighted by molar-refractivity contribution is -0.147. The van der Waals surface area contributed by atoms with Crippen molar-refractivity contribution >= 4 is 30.0 Å². The van der Waals surface area contributed by atoms with Crippen molar-refractivity contribution in [3.63, 3.8) is 0 Å². The highest BCUT2D eigenvalue weighted by molar-refractivity contribution is 5.95. The lowest BCUT2D eigenvalue weighted by Gasteiger charge is -2.38. The average molecular weight is 623 g/mol. The molecule has 0 bridgehead atoms. The zero-order valence-electron chi connectivity index (χ0n) is 26.8. The fourth-order valence-corrected chi connectivity index (χ4v) is 5.60. The first kappa shape index (κ1) is 33.3. The van der Waals surface area contributed by atoms with Gasteiger partial charge in [-0.2, -0.15) is 0 Å². The number of benzene rings is 2. The van der Waals surface area contributed by atoms with Gasteiger partial charge in [0.05, 0.1) is 13.2 Å². The van der Waals surface area contributed by atoms with E-state index >= 15 is 0 Å². The number of nitrogens with zero attached hydrogens (tertiary/aromatic N) is 2. The first-order valence-electron chi connectivity index (χ1n) is 14.9. The highest BCUT2D eigenvalue weighted by atomic mass is 16.6. The van der Waals surface area contributed by atoms with E-state index in [9.17, 15) is 24.0 Å². The summed E-state index contributed by atoms with van der Waals surface area (Å²) in [7, 11) is 1.25. The zero-order chi connectivity index (χ0) is 33.1. The summed E-state index contributed by atoms with van der Waals surface area (Å²) < 4.78 is 15.9. The van der Waals surface area contributed by atoms with Crippen molar-refractivity contribution in [2.45, 2.75) is 96.2 Å². The number of fused-ring (bicyclic) bond motifs is 3. The van der Waals surface area contributed by atoms with Gasteiger partial charge in [0.15, 0.2) is 0 Å². The highest BCUT2D eigenvalue weighted by Crippen LogP contribution is 2.42. The van der Waals surface area contributed by atoms with Crippen molar-refractivity contribution in [3.8, 4) is 0 Å². The number of hydrogen-bond donors (Lipinski definition) is 2. The number of carbonyl (C=O) groups is 5. The van der Waals surface area contributed by atoms with Crippen molar-refractivity contribution in [2.75, 3.05) is 7.11 Å². The number of ether oxygens (including phenoxy) is 3. The van der Waals surface area contributed by atoms with Gasteiger partial charge in [-0.05, 0) is 58.2 Å². The minimum Gasteiger partial charge on any atom is -0.467 e. The van der Waals surface area contributed by atoms with Crippen LogP contribution in [0.15, 0.2) is 54.6 Å². The van der Waals surface area contributed by atoms with E-state index in [0.717, 1.165) is 21.7 Å². The van der Waals surface area contributed by atoms with Crippen molar-refractivity contribution in [2.24, 2.45) is 0 Å². The number of hydrogen-bond acceptors (Lipinski definition) is 8. The van der Waals surface area contributed by atoms with E-state index in [4.69, 9.17) is 14.2 Å². The van der Waals surface area contributed by atoms with Gasteiger partial charge in [-0.3, -0.25) is 9.59 Å². The molecule has 0 saturated carbocycles. The average Bonchev–Trinajstić information content (AvgIpc) is 3.30. The summed E-state index contributed by atoms with van der Waals surface area (Å²) in [4.78, 5) is 68.6. The van der Waals surface area contributed by atoms with Crippen molar-refractivity contribution in [3.05, 3.63) is 71.3 Å². The van der Waals surface area contributed by atoms with E-state index < -0.39 is 65.3 Å². The fourth-order valence-electron chi connectivity index (χ4n) is 5.60. The molecule has 242 valence electrons. The smallest absolute Gasteiger partial charge is 0.430 e. The van der Waals surface area contributed by atoms with Gasteiger partial charge in [-0.25, -0.2) is 24.8 Å². The van der Waals surface area contributed by atoms with Gasteiger partial charge in [0.1, 0.15) is 29.3 Å². The summed E-state index contributed by atoms with van der Waals surface area (Å²) in [5.41, 5.74) is 3.11. The molecule has 2 N–H and O–H groups in total. The third kappa shape index (κ3) is 8.11. The summed E-state index contributed by atoms with van der Waals surface area (Å²) >= 11 is 0. The molecule has 4 amide bonds. The molecule has 1 saturated heterocycles. The number of nitrogens with one attached hydrogen (secondary N) is 2. The largest absolute Gasteiger partial charge is 0.467 e. The molecule has 1 fully saturated rings. The Labute approximate surface area is 263 Å². The van der Waals surface area contributed by atoms with E-state index in [1.807, 2.05) is 54.6 Å². The molecular formula is C33H42N4O8. The molecule has 2 aliphatic rings. The highest BCUT2D eigenvalue weighted by Gasteiger charge is 2.53. The molecule has 45 heavy (non-hydrogen) atoms. The van der Waals surface area contributed by atoms with Gasteiger partial charge < -0.3 is 24.4 Å². The first-order chi connectivity index (χ1) is 21.1. The summed E-state index contributed by atoms with van der Waals surface area (Å²) in [5, 5.41) is 3.65. The van der Waals surface area contributed by atoms with Crippen LogP contribution in [-0.4, -0.2) is 76.3 Å². The summed E-state index contributed by atoms with van der Waals surface area (Å²) in [6, 6.07) is 12.8. The Morgan fingerprint density at radius 1 is 0.933 bits per heavy atom. The molecule has 0 spiro atoms. The van der Waals surface area contributed by atoms with Crippen LogP contribution in [0.2, 0.25) is 0 Å². The van der Waals surface area contributed by atoms with Gasteiger partial charge in [-0.15, -0.1) is 0 Å². The topological polar surface area (TPSA) is 144 Å². The Hall–Kier alpha value is -4.61. The van der Waals surface area contributed by atoms with Crippen LogP contribution >= 0.6 is 0 Å². The van der Waals surface area contributed by atoms with Crippen LogP contribution in [0.3, 0.4) is 0 Å². The van der Waals surface area contributed by atoms with E-state index in [0.29, 0.717) is 0 Å². The Morgan fingerprint density at radius 2 is 1.56 bits per heavy atom. The quantitative estimate of drug-likeness (QED) is 0.281. The van der Waals surface area contributed by atoms with Crippen LogP contribution in [-0.2, 0) is 41.4 Å². The number of esters is 1. The molecular weight excluding hydrogens is 580 g/mol. The minimum atomic E-state index is -1.21. The Kier molecular flexibility index (Phi) is 9.74. The van der Waals surface area contributed by atoms with Crippen molar-refractivity contribution in [1.29, 1.82) is 0 Å². The number of carbonyl (C=O) groups excluding carboxylic acids is 5. The standard InChI is InChI=1S/C33H42N4O8/c1-32(2,3)44-30(41)35-37(31(42)45-33(4,5)6)26-19-24-22-16-12-11-15-21(22)18-25(36(24)28(26)39)27(38)34-23(29(40)43-7)17-20-13-9-8-10-14-20/h8-16,23-26H,17-19H2,1-7H3,(H,34,38)(H,35,41)/t23-,24+,25-,26-/m0/s1. The van der Waals surface area contributed by atoms with Crippen molar-refractivity contribution < 1.29 is 38.2 Å². The predicted molar refractivity (Wildman–Crippen MR) is 163 cm³/mol. The van der Waals surface area contributed by atoms with Gasteiger partial charge in [0.25, 0.3) is 0 Å². The van der Waals surface area contributed by atoms with Gasteiger partial charge in [-0.1, -0.05) is 54.6 Å². The second-order valence-electron chi connectivity index (χ2n) is 13.2. The second-order valence-corrected chi connectivity index (χ2v) is 13.2. The van der Waals surface area contributed by atoms with Gasteiger partial charge in [0, 0.05) is 19.3 Å². The maximum Gasteiger partial charge on any atom is 0.430 e. The SMILES string of the molecule is COC(=O)[C@H](Cc1ccccc1)NC(=O)[C@@H]1Cc2ccccc2[C@H]2C[C@H](N(NC(=O)OC(C)(C)C)C(=O)OC(C)(C)C)C(=O)N21. The first-order valence-corrected chi connectivity index (χ1v) is 14.9. The molecule has 12 heteroatoms. The molecule has 4 atom stereocenters. The third-order valence-corrected chi connectivity index (χ3v) is 7.38. The molecule has 12 nitrogen and oxygen atoms in total. The molecule has 2 aromatic carbocycles. The summed E-state index contributed by atoms with van der Waals surface area (Å²) in [6.07, 6.45) is -1.45. The van der Waals surface area contributed by atoms with Crippen LogP contribution in [0, 0.1) is 0 Å². The summed E-state index contributed by atoms with van der Waals surface area (Å²) in [6.45, 7) is 10.0. The van der Waals surface area contributed by atoms with E-state index in [1.165, 1.54) is 12.0 Å². The van der Waals surface area contributed by atoms with Crippen LogP contribution < -0.4 is 10.7 Å². The molecule has 2 aliphatic heterocycles. The molecule has 0 aliphatic carbocycles. The number of amides is 4. The van der Waals surface area contributed by atoms with Crippen LogP contribution in [0.1, 0.15) is 70.7 Å². The lowest BCUT2D eigenvalue weighted by atomic mass is 9.88. The van der Waals surface area contributed by atoms with Crippen molar-refractivity contribution in [1.82, 2.24) is 20.7 Å². The van der Waals surface area contributed by atoms with E-state index in [2.05, 4.69) is 10.7 Å². The third-order valence-electron chi connectivity index (χ3n) is 7.38. The number of hydrazine groups is 1. The van der Waals surface area contributed by atoms with Crippen LogP contribution in [0.4, 0.5) is 9.59 Å². The maximum atomic E-state index is 14.2. The Morgan fingerprint density at radius 3 is 2.18 bits per heavy atom. The Bertz CT molecular complexity index is 1430. The normalized spacial score (nSPS) is 19.8. The predicted octanol–water partition coefficient (Wildman–Crippen LogP) is 3.83. The van der Waals surface area contributed by atoms with E-state index in [1.54, 1.807) is 41.5 Å². The molecule has 2 heterocycles. The molecule has 2 aromatic rings. The second kappa shape index (κ2) is 13.2. The van der Waals surface area contributed by atoms with Gasteiger partial charge >= 0.3 is 18.2 Å². The monoisotopic (exact) mass is 622 g/mol. The minimum absolute atomic E-state index is 0.0686. The zero-order valence-corrected chi connectivity index (χ0v) is 26.8. The molecule has 0 radical (unpaired) electrons. The maximum absolute atomic E-state index is 14.2. The molecule has 0 unspecified atom stereocenters. The number of rotatable bonds is 6.